The van der Waals surface area contributed by atoms with Crippen LogP contribution in [0.25, 0.3) is 0 Å². The molecular weight excluding hydrogens is 218 g/mol. The minimum atomic E-state index is -0.0348. The molecule has 0 aliphatic heterocycles. The fraction of sp³-hybridized carbons (Fsp3) is 0.154. The first-order chi connectivity index (χ1) is 7.66. The normalized spacial score (nSPS) is 10.1. The van der Waals surface area contributed by atoms with Crippen LogP contribution in [0.4, 0.5) is 5.69 Å². The number of para-hydroxylation sites is 1. The molecular formula is C13H13NOS. The van der Waals surface area contributed by atoms with E-state index >= 15 is 0 Å². The maximum Gasteiger partial charge on any atom is 0.265 e. The standard InChI is InChI=1S/C13H13NOS/c1-9-8-12(16-10(9)2)13(15)14-11-6-4-3-5-7-11/h3-8H,1-2H3,(H,14,15). The Morgan fingerprint density at radius 3 is 2.44 bits per heavy atom. The number of rotatable bonds is 2. The first kappa shape index (κ1) is 10.9. The van der Waals surface area contributed by atoms with Crippen LogP contribution < -0.4 is 5.32 Å². The van der Waals surface area contributed by atoms with E-state index in [0.29, 0.717) is 0 Å². The van der Waals surface area contributed by atoms with Crippen molar-refractivity contribution in [2.24, 2.45) is 0 Å². The van der Waals surface area contributed by atoms with Gasteiger partial charge in [-0.1, -0.05) is 18.2 Å². The van der Waals surface area contributed by atoms with Gasteiger partial charge in [-0.05, 0) is 37.6 Å². The SMILES string of the molecule is Cc1cc(C(=O)Nc2ccccc2)sc1C. The van der Waals surface area contributed by atoms with E-state index in [1.807, 2.05) is 50.2 Å². The number of amides is 1. The van der Waals surface area contributed by atoms with Crippen LogP contribution in [0.15, 0.2) is 36.4 Å². The van der Waals surface area contributed by atoms with Crippen LogP contribution in [0, 0.1) is 13.8 Å². The highest BCUT2D eigenvalue weighted by Crippen LogP contribution is 2.21. The molecule has 0 radical (unpaired) electrons. The van der Waals surface area contributed by atoms with Crippen LogP contribution in [0.2, 0.25) is 0 Å². The molecule has 0 atom stereocenters. The van der Waals surface area contributed by atoms with E-state index in [1.54, 1.807) is 0 Å². The summed E-state index contributed by atoms with van der Waals surface area (Å²) in [5.41, 5.74) is 2.00. The fourth-order valence-corrected chi connectivity index (χ4v) is 2.33. The minimum Gasteiger partial charge on any atom is -0.321 e. The van der Waals surface area contributed by atoms with Crippen molar-refractivity contribution in [3.05, 3.63) is 51.7 Å². The van der Waals surface area contributed by atoms with Crippen molar-refractivity contribution in [2.75, 3.05) is 5.32 Å². The summed E-state index contributed by atoms with van der Waals surface area (Å²) in [6.45, 7) is 4.05. The molecule has 82 valence electrons. The molecule has 1 N–H and O–H groups in total. The molecule has 0 unspecified atom stereocenters. The summed E-state index contributed by atoms with van der Waals surface area (Å²) >= 11 is 1.53. The third kappa shape index (κ3) is 2.31. The van der Waals surface area contributed by atoms with Gasteiger partial charge < -0.3 is 5.32 Å². The summed E-state index contributed by atoms with van der Waals surface area (Å²) < 4.78 is 0. The van der Waals surface area contributed by atoms with Gasteiger partial charge >= 0.3 is 0 Å². The van der Waals surface area contributed by atoms with Gasteiger partial charge in [0.15, 0.2) is 0 Å². The Balaban J connectivity index is 2.15. The van der Waals surface area contributed by atoms with E-state index in [1.165, 1.54) is 21.8 Å². The van der Waals surface area contributed by atoms with Crippen molar-refractivity contribution < 1.29 is 4.79 Å². The van der Waals surface area contributed by atoms with Gasteiger partial charge in [0, 0.05) is 10.6 Å². The van der Waals surface area contributed by atoms with Crippen LogP contribution in [-0.4, -0.2) is 5.91 Å². The molecule has 2 rings (SSSR count). The summed E-state index contributed by atoms with van der Waals surface area (Å²) in [4.78, 5) is 13.8. The van der Waals surface area contributed by atoms with Crippen LogP contribution >= 0.6 is 11.3 Å². The smallest absolute Gasteiger partial charge is 0.265 e. The maximum absolute atomic E-state index is 11.9. The monoisotopic (exact) mass is 231 g/mol. The Morgan fingerprint density at radius 1 is 1.19 bits per heavy atom. The van der Waals surface area contributed by atoms with E-state index in [-0.39, 0.29) is 5.91 Å². The lowest BCUT2D eigenvalue weighted by molar-refractivity contribution is 0.103. The Morgan fingerprint density at radius 2 is 1.88 bits per heavy atom. The van der Waals surface area contributed by atoms with Crippen molar-refractivity contribution >= 4 is 22.9 Å². The highest BCUT2D eigenvalue weighted by atomic mass is 32.1. The summed E-state index contributed by atoms with van der Waals surface area (Å²) in [5, 5.41) is 2.87. The van der Waals surface area contributed by atoms with E-state index in [2.05, 4.69) is 5.32 Å². The quantitative estimate of drug-likeness (QED) is 0.840. The van der Waals surface area contributed by atoms with Crippen molar-refractivity contribution in [3.8, 4) is 0 Å². The molecule has 3 heteroatoms. The fourth-order valence-electron chi connectivity index (χ4n) is 1.40. The highest BCUT2D eigenvalue weighted by molar-refractivity contribution is 7.14. The number of carbonyl (C=O) groups is 1. The molecule has 2 nitrogen and oxygen atoms in total. The van der Waals surface area contributed by atoms with E-state index in [4.69, 9.17) is 0 Å². The predicted octanol–water partition coefficient (Wildman–Crippen LogP) is 3.62. The number of hydrogen-bond acceptors (Lipinski definition) is 2. The largest absolute Gasteiger partial charge is 0.321 e. The van der Waals surface area contributed by atoms with Gasteiger partial charge in [-0.25, -0.2) is 0 Å². The van der Waals surface area contributed by atoms with Crippen molar-refractivity contribution in [3.63, 3.8) is 0 Å². The lowest BCUT2D eigenvalue weighted by atomic mass is 10.2. The van der Waals surface area contributed by atoms with E-state index in [9.17, 15) is 4.79 Å². The minimum absolute atomic E-state index is 0.0348. The Bertz CT molecular complexity index is 482. The molecule has 1 heterocycles. The second-order valence-corrected chi connectivity index (χ2v) is 4.93. The van der Waals surface area contributed by atoms with Gasteiger partial charge in [-0.3, -0.25) is 4.79 Å². The van der Waals surface area contributed by atoms with Crippen LogP contribution in [0.3, 0.4) is 0 Å². The number of carbonyl (C=O) groups excluding carboxylic acids is 1. The van der Waals surface area contributed by atoms with Crippen LogP contribution in [0.1, 0.15) is 20.1 Å². The molecule has 0 spiro atoms. The van der Waals surface area contributed by atoms with Gasteiger partial charge in [-0.2, -0.15) is 0 Å². The van der Waals surface area contributed by atoms with Crippen LogP contribution in [0.5, 0.6) is 0 Å². The molecule has 0 saturated carbocycles. The molecule has 2 aromatic rings. The van der Waals surface area contributed by atoms with Gasteiger partial charge in [0.25, 0.3) is 5.91 Å². The number of anilines is 1. The Kier molecular flexibility index (Phi) is 3.06. The summed E-state index contributed by atoms with van der Waals surface area (Å²) in [7, 11) is 0. The zero-order valence-corrected chi connectivity index (χ0v) is 10.1. The summed E-state index contributed by atoms with van der Waals surface area (Å²) in [5.74, 6) is -0.0348. The van der Waals surface area contributed by atoms with Crippen molar-refractivity contribution in [1.82, 2.24) is 0 Å². The first-order valence-corrected chi connectivity index (χ1v) is 5.92. The van der Waals surface area contributed by atoms with E-state index < -0.39 is 0 Å². The van der Waals surface area contributed by atoms with Gasteiger partial charge in [-0.15, -0.1) is 11.3 Å². The number of thiophene rings is 1. The molecule has 0 aliphatic rings. The lowest BCUT2D eigenvalue weighted by Gasteiger charge is -2.01. The van der Waals surface area contributed by atoms with Gasteiger partial charge in [0.05, 0.1) is 4.88 Å². The molecule has 16 heavy (non-hydrogen) atoms. The maximum atomic E-state index is 11.9. The van der Waals surface area contributed by atoms with Gasteiger partial charge in [0.1, 0.15) is 0 Å². The highest BCUT2D eigenvalue weighted by Gasteiger charge is 2.10. The molecule has 0 fully saturated rings. The second-order valence-electron chi connectivity index (χ2n) is 3.67. The number of aryl methyl sites for hydroxylation is 2. The number of hydrogen-bond donors (Lipinski definition) is 1. The van der Waals surface area contributed by atoms with Crippen LogP contribution in [-0.2, 0) is 0 Å². The summed E-state index contributed by atoms with van der Waals surface area (Å²) in [6, 6.07) is 11.4. The first-order valence-electron chi connectivity index (χ1n) is 5.10. The topological polar surface area (TPSA) is 29.1 Å². The van der Waals surface area contributed by atoms with Crippen molar-refractivity contribution in [2.45, 2.75) is 13.8 Å². The summed E-state index contributed by atoms with van der Waals surface area (Å²) in [6.07, 6.45) is 0. The molecule has 0 saturated heterocycles. The van der Waals surface area contributed by atoms with Crippen molar-refractivity contribution in [1.29, 1.82) is 0 Å². The molecule has 1 amide bonds. The molecule has 1 aromatic carbocycles. The Labute approximate surface area is 98.9 Å². The third-order valence-corrected chi connectivity index (χ3v) is 3.57. The third-order valence-electron chi connectivity index (χ3n) is 2.42. The average Bonchev–Trinajstić information content (AvgIpc) is 2.61. The zero-order valence-electron chi connectivity index (χ0n) is 9.28. The molecule has 0 bridgehead atoms. The zero-order chi connectivity index (χ0) is 11.5. The number of benzene rings is 1. The second kappa shape index (κ2) is 4.49. The Hall–Kier alpha value is -1.61. The number of nitrogens with one attached hydrogen (secondary N) is 1. The average molecular weight is 231 g/mol. The van der Waals surface area contributed by atoms with E-state index in [0.717, 1.165) is 10.6 Å². The lowest BCUT2D eigenvalue weighted by Crippen LogP contribution is -2.09. The molecule has 1 aromatic heterocycles. The van der Waals surface area contributed by atoms with Gasteiger partial charge in [0.2, 0.25) is 0 Å². The molecule has 0 aliphatic carbocycles. The predicted molar refractivity (Wildman–Crippen MR) is 68.2 cm³/mol.